The lowest BCUT2D eigenvalue weighted by Gasteiger charge is -2.30. The molecular weight excluding hydrogens is 292 g/mol. The number of carboxylic acids is 1. The maximum absolute atomic E-state index is 11.9. The molecule has 6 heteroatoms. The number of nitrogens with zero attached hydrogens (tertiary/aromatic N) is 1. The van der Waals surface area contributed by atoms with Crippen LogP contribution in [0.3, 0.4) is 0 Å². The fraction of sp³-hybridized carbons (Fsp3) is 0.467. The van der Waals surface area contributed by atoms with Gasteiger partial charge >= 0.3 is 5.97 Å². The first-order valence-electron chi connectivity index (χ1n) is 7.02. The van der Waals surface area contributed by atoms with Crippen LogP contribution in [-0.2, 0) is 9.59 Å². The van der Waals surface area contributed by atoms with Crippen LogP contribution < -0.4 is 5.32 Å². The summed E-state index contributed by atoms with van der Waals surface area (Å²) in [6.45, 7) is 1.88. The smallest absolute Gasteiger partial charge is 0.303 e. The molecular formula is C15H19ClN2O3. The standard InChI is InChI=1S/C15H19ClN2O3/c16-12-1-3-13(4-2-12)17-14(19)10-18-7-5-11(6-8-18)9-15(20)21/h1-4,11H,5-10H2,(H,17,19)(H,20,21). The molecule has 1 aromatic rings. The van der Waals surface area contributed by atoms with Crippen LogP contribution in [0, 0.1) is 5.92 Å². The summed E-state index contributed by atoms with van der Waals surface area (Å²) in [6, 6.07) is 6.99. The van der Waals surface area contributed by atoms with Gasteiger partial charge in [0.25, 0.3) is 0 Å². The van der Waals surface area contributed by atoms with E-state index in [0.717, 1.165) is 31.6 Å². The molecule has 0 aliphatic carbocycles. The van der Waals surface area contributed by atoms with Crippen molar-refractivity contribution in [2.75, 3.05) is 25.0 Å². The molecule has 0 bridgehead atoms. The third-order valence-electron chi connectivity index (χ3n) is 3.67. The first-order chi connectivity index (χ1) is 10.0. The minimum Gasteiger partial charge on any atom is -0.481 e. The van der Waals surface area contributed by atoms with Crippen molar-refractivity contribution in [2.45, 2.75) is 19.3 Å². The maximum Gasteiger partial charge on any atom is 0.303 e. The third kappa shape index (κ3) is 5.36. The fourth-order valence-electron chi connectivity index (χ4n) is 2.53. The van der Waals surface area contributed by atoms with Gasteiger partial charge in [0.1, 0.15) is 0 Å². The summed E-state index contributed by atoms with van der Waals surface area (Å²) in [7, 11) is 0. The van der Waals surface area contributed by atoms with E-state index in [9.17, 15) is 9.59 Å². The van der Waals surface area contributed by atoms with E-state index in [-0.39, 0.29) is 18.2 Å². The van der Waals surface area contributed by atoms with Gasteiger partial charge in [0.05, 0.1) is 6.54 Å². The van der Waals surface area contributed by atoms with E-state index < -0.39 is 5.97 Å². The van der Waals surface area contributed by atoms with Gasteiger partial charge < -0.3 is 10.4 Å². The molecule has 1 fully saturated rings. The van der Waals surface area contributed by atoms with Crippen molar-refractivity contribution in [3.63, 3.8) is 0 Å². The number of rotatable bonds is 5. The van der Waals surface area contributed by atoms with E-state index in [1.807, 2.05) is 0 Å². The summed E-state index contributed by atoms with van der Waals surface area (Å²) in [5, 5.41) is 12.2. The van der Waals surface area contributed by atoms with Crippen LogP contribution in [0.1, 0.15) is 19.3 Å². The number of amides is 1. The monoisotopic (exact) mass is 310 g/mol. The second-order valence-corrected chi connectivity index (χ2v) is 5.81. The minimum atomic E-state index is -0.742. The first-order valence-corrected chi connectivity index (χ1v) is 7.40. The second kappa shape index (κ2) is 7.43. The Morgan fingerprint density at radius 3 is 2.43 bits per heavy atom. The van der Waals surface area contributed by atoms with Crippen LogP contribution in [0.4, 0.5) is 5.69 Å². The lowest BCUT2D eigenvalue weighted by Crippen LogP contribution is -2.39. The van der Waals surface area contributed by atoms with Crippen molar-refractivity contribution in [3.05, 3.63) is 29.3 Å². The Kier molecular flexibility index (Phi) is 5.59. The van der Waals surface area contributed by atoms with Gasteiger partial charge in [-0.3, -0.25) is 14.5 Å². The van der Waals surface area contributed by atoms with Gasteiger partial charge in [0.15, 0.2) is 0 Å². The highest BCUT2D eigenvalue weighted by atomic mass is 35.5. The summed E-state index contributed by atoms with van der Waals surface area (Å²) in [5.74, 6) is -0.569. The zero-order valence-electron chi connectivity index (χ0n) is 11.7. The van der Waals surface area contributed by atoms with E-state index in [1.54, 1.807) is 24.3 Å². The molecule has 1 aliphatic heterocycles. The molecule has 1 heterocycles. The maximum atomic E-state index is 11.9. The van der Waals surface area contributed by atoms with Crippen LogP contribution in [0.25, 0.3) is 0 Å². The number of carbonyl (C=O) groups excluding carboxylic acids is 1. The van der Waals surface area contributed by atoms with Crippen LogP contribution in [0.15, 0.2) is 24.3 Å². The Labute approximate surface area is 128 Å². The van der Waals surface area contributed by atoms with E-state index in [2.05, 4.69) is 10.2 Å². The van der Waals surface area contributed by atoms with E-state index in [4.69, 9.17) is 16.7 Å². The zero-order chi connectivity index (χ0) is 15.2. The summed E-state index contributed by atoms with van der Waals surface area (Å²) in [5.41, 5.74) is 0.727. The predicted molar refractivity (Wildman–Crippen MR) is 81.5 cm³/mol. The number of likely N-dealkylation sites (tertiary alicyclic amines) is 1. The summed E-state index contributed by atoms with van der Waals surface area (Å²) >= 11 is 5.79. The summed E-state index contributed by atoms with van der Waals surface area (Å²) in [6.07, 6.45) is 1.89. The van der Waals surface area contributed by atoms with Crippen molar-refractivity contribution in [3.8, 4) is 0 Å². The Balaban J connectivity index is 1.74. The quantitative estimate of drug-likeness (QED) is 0.876. The second-order valence-electron chi connectivity index (χ2n) is 5.37. The molecule has 0 atom stereocenters. The molecule has 1 aromatic carbocycles. The van der Waals surface area contributed by atoms with Crippen LogP contribution in [-0.4, -0.2) is 41.5 Å². The van der Waals surface area contributed by atoms with Gasteiger partial charge in [-0.15, -0.1) is 0 Å². The number of aliphatic carboxylic acids is 1. The summed E-state index contributed by atoms with van der Waals surface area (Å²) in [4.78, 5) is 24.7. The Bertz CT molecular complexity index is 496. The SMILES string of the molecule is O=C(O)CC1CCN(CC(=O)Nc2ccc(Cl)cc2)CC1. The number of carbonyl (C=O) groups is 2. The minimum absolute atomic E-state index is 0.0611. The average Bonchev–Trinajstić information content (AvgIpc) is 2.43. The van der Waals surface area contributed by atoms with E-state index >= 15 is 0 Å². The third-order valence-corrected chi connectivity index (χ3v) is 3.92. The van der Waals surface area contributed by atoms with Crippen molar-refractivity contribution >= 4 is 29.2 Å². The molecule has 114 valence electrons. The molecule has 0 saturated carbocycles. The molecule has 0 aromatic heterocycles. The summed E-state index contributed by atoms with van der Waals surface area (Å²) < 4.78 is 0. The first kappa shape index (κ1) is 15.8. The number of piperidine rings is 1. The van der Waals surface area contributed by atoms with Gasteiger partial charge in [0.2, 0.25) is 5.91 Å². The Morgan fingerprint density at radius 1 is 1.24 bits per heavy atom. The zero-order valence-corrected chi connectivity index (χ0v) is 12.5. The molecule has 2 N–H and O–H groups in total. The topological polar surface area (TPSA) is 69.6 Å². The van der Waals surface area contributed by atoms with E-state index in [0.29, 0.717) is 11.6 Å². The molecule has 1 amide bonds. The molecule has 0 radical (unpaired) electrons. The molecule has 1 aliphatic rings. The fourth-order valence-corrected chi connectivity index (χ4v) is 2.66. The predicted octanol–water partition coefficient (Wildman–Crippen LogP) is 2.47. The number of hydrogen-bond acceptors (Lipinski definition) is 3. The molecule has 1 saturated heterocycles. The molecule has 21 heavy (non-hydrogen) atoms. The molecule has 0 spiro atoms. The van der Waals surface area contributed by atoms with Gasteiger partial charge in [-0.25, -0.2) is 0 Å². The van der Waals surface area contributed by atoms with E-state index in [1.165, 1.54) is 0 Å². The Hall–Kier alpha value is -1.59. The van der Waals surface area contributed by atoms with Crippen molar-refractivity contribution in [2.24, 2.45) is 5.92 Å². The average molecular weight is 311 g/mol. The van der Waals surface area contributed by atoms with Gasteiger partial charge in [-0.2, -0.15) is 0 Å². The van der Waals surface area contributed by atoms with Crippen LogP contribution in [0.5, 0.6) is 0 Å². The normalized spacial score (nSPS) is 16.6. The largest absolute Gasteiger partial charge is 0.481 e. The number of benzene rings is 1. The van der Waals surface area contributed by atoms with Crippen LogP contribution in [0.2, 0.25) is 5.02 Å². The molecule has 2 rings (SSSR count). The Morgan fingerprint density at radius 2 is 1.86 bits per heavy atom. The highest BCUT2D eigenvalue weighted by Gasteiger charge is 2.22. The molecule has 5 nitrogen and oxygen atoms in total. The lowest BCUT2D eigenvalue weighted by atomic mass is 9.94. The number of hydrogen-bond donors (Lipinski definition) is 2. The van der Waals surface area contributed by atoms with Crippen molar-refractivity contribution in [1.29, 1.82) is 0 Å². The van der Waals surface area contributed by atoms with Gasteiger partial charge in [-0.05, 0) is 56.1 Å². The highest BCUT2D eigenvalue weighted by molar-refractivity contribution is 6.30. The molecule has 0 unspecified atom stereocenters. The van der Waals surface area contributed by atoms with Gasteiger partial charge in [0, 0.05) is 17.1 Å². The van der Waals surface area contributed by atoms with Gasteiger partial charge in [-0.1, -0.05) is 11.6 Å². The van der Waals surface area contributed by atoms with Crippen molar-refractivity contribution < 1.29 is 14.7 Å². The number of anilines is 1. The highest BCUT2D eigenvalue weighted by Crippen LogP contribution is 2.20. The lowest BCUT2D eigenvalue weighted by molar-refractivity contribution is -0.138. The van der Waals surface area contributed by atoms with Crippen molar-refractivity contribution in [1.82, 2.24) is 4.90 Å². The van der Waals surface area contributed by atoms with Crippen LogP contribution >= 0.6 is 11.6 Å². The number of carboxylic acid groups (broad SMARTS) is 1. The number of nitrogens with one attached hydrogen (secondary N) is 1. The number of halogens is 1.